The van der Waals surface area contributed by atoms with E-state index >= 15 is 0 Å². The molecule has 2 rings (SSSR count). The number of hydrogen-bond acceptors (Lipinski definition) is 2. The van der Waals surface area contributed by atoms with Crippen molar-refractivity contribution < 1.29 is 14.7 Å². The standard InChI is InChI=1S/C10H9NO3/c12-9-4-8-3-6(10(13)14)1-2-7(8)5-11-9/h1-3H,4-5H2,(H,11,12)(H,13,14). The zero-order valence-corrected chi connectivity index (χ0v) is 7.41. The lowest BCUT2D eigenvalue weighted by molar-refractivity contribution is -0.121. The summed E-state index contributed by atoms with van der Waals surface area (Å²) in [6, 6.07) is 4.87. The summed E-state index contributed by atoms with van der Waals surface area (Å²) in [6.45, 7) is 0.494. The first-order chi connectivity index (χ1) is 6.66. The number of carboxylic acids is 1. The van der Waals surface area contributed by atoms with E-state index in [9.17, 15) is 9.59 Å². The first-order valence-corrected chi connectivity index (χ1v) is 4.28. The lowest BCUT2D eigenvalue weighted by Gasteiger charge is -2.16. The number of carboxylic acid groups (broad SMARTS) is 1. The number of fused-ring (bicyclic) bond motifs is 1. The zero-order valence-electron chi connectivity index (χ0n) is 7.41. The summed E-state index contributed by atoms with van der Waals surface area (Å²) < 4.78 is 0. The van der Waals surface area contributed by atoms with Crippen LogP contribution in [-0.2, 0) is 17.8 Å². The molecule has 0 spiro atoms. The lowest BCUT2D eigenvalue weighted by atomic mass is 9.98. The summed E-state index contributed by atoms with van der Waals surface area (Å²) in [5.74, 6) is -1.01. The highest BCUT2D eigenvalue weighted by atomic mass is 16.4. The molecule has 72 valence electrons. The molecule has 14 heavy (non-hydrogen) atoms. The molecule has 0 aromatic heterocycles. The van der Waals surface area contributed by atoms with E-state index < -0.39 is 5.97 Å². The third-order valence-corrected chi connectivity index (χ3v) is 2.28. The summed E-state index contributed by atoms with van der Waals surface area (Å²) in [4.78, 5) is 21.7. The smallest absolute Gasteiger partial charge is 0.335 e. The van der Waals surface area contributed by atoms with E-state index in [-0.39, 0.29) is 17.9 Å². The van der Waals surface area contributed by atoms with Gasteiger partial charge in [0.15, 0.2) is 0 Å². The Balaban J connectivity index is 2.42. The van der Waals surface area contributed by atoms with E-state index in [0.717, 1.165) is 11.1 Å². The van der Waals surface area contributed by atoms with E-state index in [4.69, 9.17) is 5.11 Å². The van der Waals surface area contributed by atoms with Gasteiger partial charge in [-0.1, -0.05) is 6.07 Å². The first-order valence-electron chi connectivity index (χ1n) is 4.28. The minimum atomic E-state index is -0.959. The number of hydrogen-bond donors (Lipinski definition) is 2. The molecule has 0 radical (unpaired) electrons. The Morgan fingerprint density at radius 3 is 2.86 bits per heavy atom. The van der Waals surface area contributed by atoms with Gasteiger partial charge in [-0.25, -0.2) is 4.79 Å². The van der Waals surface area contributed by atoms with E-state index in [1.54, 1.807) is 18.2 Å². The summed E-state index contributed by atoms with van der Waals surface area (Å²) >= 11 is 0. The second-order valence-corrected chi connectivity index (χ2v) is 3.24. The van der Waals surface area contributed by atoms with Crippen molar-refractivity contribution in [1.29, 1.82) is 0 Å². The Labute approximate surface area is 80.6 Å². The van der Waals surface area contributed by atoms with Crippen LogP contribution in [0.4, 0.5) is 0 Å². The summed E-state index contributed by atoms with van der Waals surface area (Å²) in [5.41, 5.74) is 2.04. The molecule has 0 atom stereocenters. The third kappa shape index (κ3) is 1.46. The van der Waals surface area contributed by atoms with E-state index in [1.165, 1.54) is 0 Å². The number of aromatic carboxylic acids is 1. The van der Waals surface area contributed by atoms with Gasteiger partial charge in [0.05, 0.1) is 12.0 Å². The molecule has 1 aromatic rings. The molecule has 1 aliphatic heterocycles. The van der Waals surface area contributed by atoms with Gasteiger partial charge in [-0.2, -0.15) is 0 Å². The number of rotatable bonds is 1. The number of nitrogens with one attached hydrogen (secondary N) is 1. The van der Waals surface area contributed by atoms with Crippen molar-refractivity contribution in [2.75, 3.05) is 0 Å². The molecule has 1 aliphatic rings. The highest BCUT2D eigenvalue weighted by Crippen LogP contribution is 2.16. The molecule has 4 nitrogen and oxygen atoms in total. The fraction of sp³-hybridized carbons (Fsp3) is 0.200. The van der Waals surface area contributed by atoms with Crippen LogP contribution in [0.15, 0.2) is 18.2 Å². The molecule has 0 aliphatic carbocycles. The van der Waals surface area contributed by atoms with Gasteiger partial charge in [0.25, 0.3) is 0 Å². The molecule has 1 amide bonds. The maximum Gasteiger partial charge on any atom is 0.335 e. The lowest BCUT2D eigenvalue weighted by Crippen LogP contribution is -2.30. The predicted molar refractivity (Wildman–Crippen MR) is 49.0 cm³/mol. The topological polar surface area (TPSA) is 66.4 Å². The Morgan fingerprint density at radius 2 is 2.14 bits per heavy atom. The van der Waals surface area contributed by atoms with E-state index in [2.05, 4.69) is 5.32 Å². The molecule has 1 aromatic carbocycles. The van der Waals surface area contributed by atoms with Crippen LogP contribution in [0, 0.1) is 0 Å². The SMILES string of the molecule is O=C1Cc2cc(C(=O)O)ccc2CN1. The van der Waals surface area contributed by atoms with Crippen molar-refractivity contribution in [3.8, 4) is 0 Å². The quantitative estimate of drug-likeness (QED) is 0.681. The van der Waals surface area contributed by atoms with Crippen LogP contribution in [0.3, 0.4) is 0 Å². The van der Waals surface area contributed by atoms with Gasteiger partial charge in [0.1, 0.15) is 0 Å². The average Bonchev–Trinajstić information content (AvgIpc) is 2.16. The normalized spacial score (nSPS) is 14.4. The summed E-state index contributed by atoms with van der Waals surface area (Å²) in [7, 11) is 0. The third-order valence-electron chi connectivity index (χ3n) is 2.28. The van der Waals surface area contributed by atoms with Gasteiger partial charge in [0.2, 0.25) is 5.91 Å². The number of carbonyl (C=O) groups is 2. The van der Waals surface area contributed by atoms with Crippen LogP contribution in [0.25, 0.3) is 0 Å². The van der Waals surface area contributed by atoms with E-state index in [0.29, 0.717) is 6.54 Å². The zero-order chi connectivity index (χ0) is 10.1. The maximum absolute atomic E-state index is 11.0. The van der Waals surface area contributed by atoms with Gasteiger partial charge < -0.3 is 10.4 Å². The van der Waals surface area contributed by atoms with Gasteiger partial charge in [0, 0.05) is 6.54 Å². The van der Waals surface area contributed by atoms with Gasteiger partial charge in [-0.3, -0.25) is 4.79 Å². The van der Waals surface area contributed by atoms with Crippen LogP contribution in [0.2, 0.25) is 0 Å². The predicted octanol–water partition coefficient (Wildman–Crippen LogP) is 0.557. The van der Waals surface area contributed by atoms with Crippen molar-refractivity contribution in [1.82, 2.24) is 5.32 Å². The molecular formula is C10H9NO3. The van der Waals surface area contributed by atoms with Crippen molar-refractivity contribution in [3.05, 3.63) is 34.9 Å². The van der Waals surface area contributed by atoms with Crippen molar-refractivity contribution in [2.45, 2.75) is 13.0 Å². The van der Waals surface area contributed by atoms with Gasteiger partial charge in [-0.15, -0.1) is 0 Å². The van der Waals surface area contributed by atoms with Crippen LogP contribution >= 0.6 is 0 Å². The molecule has 0 fully saturated rings. The minimum Gasteiger partial charge on any atom is -0.478 e. The highest BCUT2D eigenvalue weighted by Gasteiger charge is 2.16. The molecular weight excluding hydrogens is 182 g/mol. The van der Waals surface area contributed by atoms with Crippen LogP contribution in [0.1, 0.15) is 21.5 Å². The Hall–Kier alpha value is -1.84. The summed E-state index contributed by atoms with van der Waals surface area (Å²) in [5, 5.41) is 11.5. The van der Waals surface area contributed by atoms with Crippen molar-refractivity contribution >= 4 is 11.9 Å². The second-order valence-electron chi connectivity index (χ2n) is 3.24. The maximum atomic E-state index is 11.0. The molecule has 1 heterocycles. The fourth-order valence-corrected chi connectivity index (χ4v) is 1.53. The van der Waals surface area contributed by atoms with Crippen molar-refractivity contribution in [3.63, 3.8) is 0 Å². The Bertz CT molecular complexity index is 412. The molecule has 0 saturated carbocycles. The number of amides is 1. The number of carbonyl (C=O) groups excluding carboxylic acids is 1. The van der Waals surface area contributed by atoms with E-state index in [1.807, 2.05) is 0 Å². The highest BCUT2D eigenvalue weighted by molar-refractivity contribution is 5.89. The van der Waals surface area contributed by atoms with Crippen LogP contribution in [0.5, 0.6) is 0 Å². The molecule has 0 bridgehead atoms. The average molecular weight is 191 g/mol. The Kier molecular flexibility index (Phi) is 1.96. The fourth-order valence-electron chi connectivity index (χ4n) is 1.53. The van der Waals surface area contributed by atoms with Crippen LogP contribution < -0.4 is 5.32 Å². The summed E-state index contributed by atoms with van der Waals surface area (Å²) in [6.07, 6.45) is 0.274. The molecule has 4 heteroatoms. The van der Waals surface area contributed by atoms with Gasteiger partial charge >= 0.3 is 5.97 Å². The molecule has 2 N–H and O–H groups in total. The largest absolute Gasteiger partial charge is 0.478 e. The minimum absolute atomic E-state index is 0.0555. The van der Waals surface area contributed by atoms with Crippen molar-refractivity contribution in [2.24, 2.45) is 0 Å². The second kappa shape index (κ2) is 3.14. The number of benzene rings is 1. The molecule has 0 saturated heterocycles. The first kappa shape index (κ1) is 8.74. The molecule has 0 unspecified atom stereocenters. The van der Waals surface area contributed by atoms with Gasteiger partial charge in [-0.05, 0) is 23.3 Å². The monoisotopic (exact) mass is 191 g/mol. The Morgan fingerprint density at radius 1 is 1.36 bits per heavy atom. The van der Waals surface area contributed by atoms with Crippen LogP contribution in [-0.4, -0.2) is 17.0 Å².